The molecule has 1 heteroatoms. The van der Waals surface area contributed by atoms with E-state index in [0.29, 0.717) is 0 Å². The van der Waals surface area contributed by atoms with Gasteiger partial charge in [-0.2, -0.15) is 0 Å². The van der Waals surface area contributed by atoms with Gasteiger partial charge in [-0.05, 0) is 62.4 Å². The van der Waals surface area contributed by atoms with Gasteiger partial charge in [0.25, 0.3) is 0 Å². The van der Waals surface area contributed by atoms with Gasteiger partial charge in [-0.25, -0.2) is 0 Å². The number of rotatable bonds is 3. The van der Waals surface area contributed by atoms with Crippen LogP contribution in [0.3, 0.4) is 0 Å². The molecule has 0 radical (unpaired) electrons. The van der Waals surface area contributed by atoms with Crippen molar-refractivity contribution in [1.82, 2.24) is 0 Å². The van der Waals surface area contributed by atoms with Crippen LogP contribution in [-0.2, 0) is 0 Å². The molecule has 5 rings (SSSR count). The third kappa shape index (κ3) is 3.00. The van der Waals surface area contributed by atoms with Crippen molar-refractivity contribution in [2.24, 2.45) is 4.99 Å². The zero-order chi connectivity index (χ0) is 20.5. The second kappa shape index (κ2) is 7.61. The summed E-state index contributed by atoms with van der Waals surface area (Å²) in [6.07, 6.45) is 0. The van der Waals surface area contributed by atoms with Gasteiger partial charge in [0.15, 0.2) is 0 Å². The lowest BCUT2D eigenvalue weighted by molar-refractivity contribution is 1.41. The smallest absolute Gasteiger partial charge is 0.0386 e. The van der Waals surface area contributed by atoms with Crippen LogP contribution in [0.25, 0.3) is 43.8 Å². The zero-order valence-electron chi connectivity index (χ0n) is 17.3. The van der Waals surface area contributed by atoms with Crippen LogP contribution in [0.4, 0.5) is 0 Å². The summed E-state index contributed by atoms with van der Waals surface area (Å²) in [6.45, 7) is 2.06. The molecule has 5 aromatic carbocycles. The van der Waals surface area contributed by atoms with E-state index in [-0.39, 0.29) is 0 Å². The third-order valence-corrected chi connectivity index (χ3v) is 5.90. The second-order valence-electron chi connectivity index (χ2n) is 7.60. The van der Waals surface area contributed by atoms with Crippen molar-refractivity contribution < 1.29 is 0 Å². The maximum absolute atomic E-state index is 4.39. The van der Waals surface area contributed by atoms with Crippen LogP contribution in [0.15, 0.2) is 108 Å². The fourth-order valence-corrected chi connectivity index (χ4v) is 4.38. The van der Waals surface area contributed by atoms with Crippen molar-refractivity contribution in [2.45, 2.75) is 6.92 Å². The predicted octanol–water partition coefficient (Wildman–Crippen LogP) is 7.77. The van der Waals surface area contributed by atoms with Gasteiger partial charge in [0.1, 0.15) is 0 Å². The Morgan fingerprint density at radius 3 is 1.53 bits per heavy atom. The van der Waals surface area contributed by atoms with Crippen molar-refractivity contribution in [1.29, 1.82) is 0 Å². The molecule has 144 valence electrons. The Morgan fingerprint density at radius 1 is 0.533 bits per heavy atom. The Kier molecular flexibility index (Phi) is 4.65. The highest BCUT2D eigenvalue weighted by Gasteiger charge is 2.16. The molecule has 0 saturated heterocycles. The fraction of sp³-hybridized carbons (Fsp3) is 0.0690. The van der Waals surface area contributed by atoms with E-state index < -0.39 is 0 Å². The van der Waals surface area contributed by atoms with E-state index in [9.17, 15) is 0 Å². The molecular weight excluding hydrogens is 362 g/mol. The lowest BCUT2D eigenvalue weighted by atomic mass is 9.85. The van der Waals surface area contributed by atoms with E-state index in [2.05, 4.69) is 115 Å². The monoisotopic (exact) mass is 385 g/mol. The van der Waals surface area contributed by atoms with Crippen LogP contribution in [0, 0.1) is 0 Å². The van der Waals surface area contributed by atoms with Crippen molar-refractivity contribution in [3.8, 4) is 22.3 Å². The summed E-state index contributed by atoms with van der Waals surface area (Å²) in [6, 6.07) is 37.0. The van der Waals surface area contributed by atoms with Crippen LogP contribution < -0.4 is 0 Å². The summed E-state index contributed by atoms with van der Waals surface area (Å²) >= 11 is 0. The van der Waals surface area contributed by atoms with Gasteiger partial charge >= 0.3 is 0 Å². The molecule has 0 atom stereocenters. The van der Waals surface area contributed by atoms with Gasteiger partial charge in [0, 0.05) is 12.8 Å². The van der Waals surface area contributed by atoms with E-state index in [1.165, 1.54) is 43.8 Å². The lowest BCUT2D eigenvalue weighted by Gasteiger charge is -2.18. The third-order valence-electron chi connectivity index (χ3n) is 5.90. The standard InChI is InChI=1S/C29H23N/c1-20(30-2)22-13-10-14-23(19-22)29-26-17-8-6-15-24(26)28(21-11-4-3-5-12-21)25-16-7-9-18-27(25)29/h3-19H,1-2H3. The van der Waals surface area contributed by atoms with E-state index in [0.717, 1.165) is 11.3 Å². The van der Waals surface area contributed by atoms with Crippen LogP contribution in [0.2, 0.25) is 0 Å². The molecule has 0 aromatic heterocycles. The first-order valence-electron chi connectivity index (χ1n) is 10.3. The van der Waals surface area contributed by atoms with Crippen LogP contribution >= 0.6 is 0 Å². The highest BCUT2D eigenvalue weighted by molar-refractivity contribution is 6.21. The average Bonchev–Trinajstić information content (AvgIpc) is 2.82. The summed E-state index contributed by atoms with van der Waals surface area (Å²) in [7, 11) is 1.85. The van der Waals surface area contributed by atoms with Gasteiger partial charge in [-0.15, -0.1) is 0 Å². The van der Waals surface area contributed by atoms with Crippen molar-refractivity contribution in [2.75, 3.05) is 7.05 Å². The molecule has 5 aromatic rings. The van der Waals surface area contributed by atoms with Gasteiger partial charge in [-0.1, -0.05) is 97.1 Å². The van der Waals surface area contributed by atoms with Crippen molar-refractivity contribution in [3.05, 3.63) is 109 Å². The first kappa shape index (κ1) is 18.3. The molecule has 0 N–H and O–H groups in total. The molecule has 0 fully saturated rings. The van der Waals surface area contributed by atoms with E-state index >= 15 is 0 Å². The van der Waals surface area contributed by atoms with E-state index in [4.69, 9.17) is 0 Å². The summed E-state index contributed by atoms with van der Waals surface area (Å²) in [5.41, 5.74) is 7.27. The lowest BCUT2D eigenvalue weighted by Crippen LogP contribution is -1.95. The molecule has 0 saturated carbocycles. The quantitative estimate of drug-likeness (QED) is 0.222. The Bertz CT molecular complexity index is 1340. The summed E-state index contributed by atoms with van der Waals surface area (Å²) < 4.78 is 0. The molecule has 30 heavy (non-hydrogen) atoms. The van der Waals surface area contributed by atoms with Crippen LogP contribution in [-0.4, -0.2) is 12.8 Å². The van der Waals surface area contributed by atoms with E-state index in [1.807, 2.05) is 7.05 Å². The largest absolute Gasteiger partial charge is 0.293 e. The number of hydrogen-bond acceptors (Lipinski definition) is 1. The number of fused-ring (bicyclic) bond motifs is 2. The number of nitrogens with zero attached hydrogens (tertiary/aromatic N) is 1. The Hall–Kier alpha value is -3.71. The molecule has 0 unspecified atom stereocenters. The van der Waals surface area contributed by atoms with Gasteiger partial charge < -0.3 is 0 Å². The number of hydrogen-bond donors (Lipinski definition) is 0. The van der Waals surface area contributed by atoms with Gasteiger partial charge in [0.2, 0.25) is 0 Å². The SMILES string of the molecule is CN=C(C)c1cccc(-c2c3ccccc3c(-c3ccccc3)c3ccccc23)c1. The molecule has 0 bridgehead atoms. The first-order valence-corrected chi connectivity index (χ1v) is 10.3. The van der Waals surface area contributed by atoms with Crippen LogP contribution in [0.1, 0.15) is 12.5 Å². The Balaban J connectivity index is 1.94. The minimum absolute atomic E-state index is 1.05. The molecular formula is C29H23N. The molecule has 0 aliphatic rings. The van der Waals surface area contributed by atoms with Gasteiger partial charge in [-0.3, -0.25) is 4.99 Å². The first-order chi connectivity index (χ1) is 14.8. The fourth-order valence-electron chi connectivity index (χ4n) is 4.38. The molecule has 0 spiro atoms. The second-order valence-corrected chi connectivity index (χ2v) is 7.60. The normalized spacial score (nSPS) is 11.9. The maximum atomic E-state index is 4.39. The van der Waals surface area contributed by atoms with Gasteiger partial charge in [0.05, 0.1) is 0 Å². The highest BCUT2D eigenvalue weighted by Crippen LogP contribution is 2.43. The molecule has 0 amide bonds. The highest BCUT2D eigenvalue weighted by atomic mass is 14.7. The molecule has 0 aliphatic carbocycles. The van der Waals surface area contributed by atoms with E-state index in [1.54, 1.807) is 0 Å². The molecule has 0 aliphatic heterocycles. The Morgan fingerprint density at radius 2 is 1.00 bits per heavy atom. The zero-order valence-corrected chi connectivity index (χ0v) is 17.3. The summed E-state index contributed by atoms with van der Waals surface area (Å²) in [5, 5.41) is 5.11. The number of aliphatic imine (C=N–C) groups is 1. The summed E-state index contributed by atoms with van der Waals surface area (Å²) in [4.78, 5) is 4.39. The van der Waals surface area contributed by atoms with Crippen molar-refractivity contribution in [3.63, 3.8) is 0 Å². The maximum Gasteiger partial charge on any atom is 0.0386 e. The van der Waals surface area contributed by atoms with Crippen molar-refractivity contribution >= 4 is 27.3 Å². The average molecular weight is 386 g/mol. The Labute approximate surface area is 177 Å². The minimum Gasteiger partial charge on any atom is -0.293 e. The predicted molar refractivity (Wildman–Crippen MR) is 130 cm³/mol. The topological polar surface area (TPSA) is 12.4 Å². The summed E-state index contributed by atoms with van der Waals surface area (Å²) in [5.74, 6) is 0. The number of benzene rings is 5. The van der Waals surface area contributed by atoms with Crippen LogP contribution in [0.5, 0.6) is 0 Å². The minimum atomic E-state index is 1.05. The molecule has 1 nitrogen and oxygen atoms in total. The molecule has 0 heterocycles.